The highest BCUT2D eigenvalue weighted by Gasteiger charge is 2.30. The minimum atomic E-state index is -0.426. The average Bonchev–Trinajstić information content (AvgIpc) is 3.30. The predicted molar refractivity (Wildman–Crippen MR) is 114 cm³/mol. The van der Waals surface area contributed by atoms with E-state index in [1.807, 2.05) is 24.3 Å². The minimum Gasteiger partial charge on any atom is -0.353 e. The number of halogens is 1. The molecular formula is C20H19BrN6O4. The van der Waals surface area contributed by atoms with Gasteiger partial charge in [-0.15, -0.1) is 0 Å². The van der Waals surface area contributed by atoms with Crippen molar-refractivity contribution in [2.45, 2.75) is 25.9 Å². The highest BCUT2D eigenvalue weighted by atomic mass is 79.9. The molecule has 0 saturated carbocycles. The summed E-state index contributed by atoms with van der Waals surface area (Å²) in [5.41, 5.74) is 1.20. The maximum atomic E-state index is 12.8. The fourth-order valence-corrected chi connectivity index (χ4v) is 3.62. The van der Waals surface area contributed by atoms with Crippen molar-refractivity contribution in [1.82, 2.24) is 29.5 Å². The fourth-order valence-electron chi connectivity index (χ4n) is 3.36. The highest BCUT2D eigenvalue weighted by molar-refractivity contribution is 9.10. The van der Waals surface area contributed by atoms with Gasteiger partial charge in [0.1, 0.15) is 18.3 Å². The Bertz CT molecular complexity index is 1200. The monoisotopic (exact) mass is 486 g/mol. The molecule has 4 rings (SSSR count). The van der Waals surface area contributed by atoms with Crippen LogP contribution in [-0.4, -0.2) is 55.0 Å². The van der Waals surface area contributed by atoms with Crippen molar-refractivity contribution in [3.63, 3.8) is 0 Å². The average molecular weight is 487 g/mol. The van der Waals surface area contributed by atoms with E-state index in [4.69, 9.17) is 0 Å². The number of fused-ring (bicyclic) bond motifs is 1. The number of hydrogen-bond acceptors (Lipinski definition) is 6. The number of nitrogens with one attached hydrogen (secondary N) is 1. The molecule has 0 spiro atoms. The van der Waals surface area contributed by atoms with E-state index in [1.165, 1.54) is 21.8 Å². The summed E-state index contributed by atoms with van der Waals surface area (Å²) in [6.45, 7) is 0.622. The summed E-state index contributed by atoms with van der Waals surface area (Å²) >= 11 is 3.39. The number of imide groups is 1. The summed E-state index contributed by atoms with van der Waals surface area (Å²) in [4.78, 5) is 53.3. The second-order valence-corrected chi connectivity index (χ2v) is 8.05. The van der Waals surface area contributed by atoms with Gasteiger partial charge in [-0.25, -0.2) is 9.67 Å². The zero-order valence-corrected chi connectivity index (χ0v) is 18.0. The normalized spacial score (nSPS) is 13.9. The first-order valence-electron chi connectivity index (χ1n) is 9.67. The van der Waals surface area contributed by atoms with E-state index >= 15 is 0 Å². The van der Waals surface area contributed by atoms with Crippen LogP contribution in [-0.2, 0) is 27.5 Å². The van der Waals surface area contributed by atoms with Crippen LogP contribution in [0.15, 0.2) is 46.1 Å². The summed E-state index contributed by atoms with van der Waals surface area (Å²) in [5.74, 6) is -1.09. The van der Waals surface area contributed by atoms with Crippen molar-refractivity contribution < 1.29 is 14.4 Å². The van der Waals surface area contributed by atoms with Crippen molar-refractivity contribution in [2.75, 3.05) is 13.1 Å². The van der Waals surface area contributed by atoms with E-state index in [1.54, 1.807) is 0 Å². The van der Waals surface area contributed by atoms with E-state index in [2.05, 4.69) is 31.3 Å². The molecule has 31 heavy (non-hydrogen) atoms. The second-order valence-electron chi connectivity index (χ2n) is 7.13. The summed E-state index contributed by atoms with van der Waals surface area (Å²) in [6, 6.07) is 7.68. The van der Waals surface area contributed by atoms with Crippen molar-refractivity contribution in [3.05, 3.63) is 57.2 Å². The number of rotatable bonds is 7. The van der Waals surface area contributed by atoms with Crippen molar-refractivity contribution >= 4 is 44.7 Å². The van der Waals surface area contributed by atoms with Crippen LogP contribution in [0, 0.1) is 0 Å². The quantitative estimate of drug-likeness (QED) is 0.490. The van der Waals surface area contributed by atoms with Gasteiger partial charge in [-0.2, -0.15) is 5.10 Å². The van der Waals surface area contributed by atoms with Gasteiger partial charge in [-0.3, -0.25) is 28.6 Å². The third-order valence-corrected chi connectivity index (χ3v) is 5.52. The zero-order valence-electron chi connectivity index (χ0n) is 16.5. The maximum absolute atomic E-state index is 12.8. The molecular weight excluding hydrogens is 468 g/mol. The Balaban J connectivity index is 1.39. The van der Waals surface area contributed by atoms with Gasteiger partial charge in [0.05, 0.1) is 19.3 Å². The Hall–Kier alpha value is -3.34. The van der Waals surface area contributed by atoms with Crippen LogP contribution in [0.3, 0.4) is 0 Å². The number of nitrogens with zero attached hydrogens (tertiary/aromatic N) is 5. The first-order chi connectivity index (χ1) is 14.9. The molecule has 1 saturated heterocycles. The molecule has 0 unspecified atom stereocenters. The lowest BCUT2D eigenvalue weighted by molar-refractivity contribution is -0.142. The molecule has 11 heteroatoms. The molecule has 3 aromatic rings. The second kappa shape index (κ2) is 8.80. The van der Waals surface area contributed by atoms with Crippen LogP contribution in [0.4, 0.5) is 0 Å². The Morgan fingerprint density at radius 2 is 1.81 bits per heavy atom. The molecule has 3 heterocycles. The van der Waals surface area contributed by atoms with Gasteiger partial charge in [0.25, 0.3) is 5.56 Å². The van der Waals surface area contributed by atoms with Crippen molar-refractivity contribution in [3.8, 4) is 0 Å². The van der Waals surface area contributed by atoms with E-state index in [9.17, 15) is 19.2 Å². The Kier molecular flexibility index (Phi) is 5.94. The summed E-state index contributed by atoms with van der Waals surface area (Å²) in [5, 5.41) is 7.25. The van der Waals surface area contributed by atoms with Crippen LogP contribution in [0.5, 0.6) is 0 Å². The molecule has 0 radical (unpaired) electrons. The zero-order chi connectivity index (χ0) is 22.0. The van der Waals surface area contributed by atoms with Gasteiger partial charge in [0.2, 0.25) is 17.7 Å². The first kappa shape index (κ1) is 20.9. The molecule has 0 aliphatic carbocycles. The molecule has 2 aromatic heterocycles. The Labute approximate surface area is 185 Å². The number of benzene rings is 1. The maximum Gasteiger partial charge on any atom is 0.264 e. The van der Waals surface area contributed by atoms with Gasteiger partial charge < -0.3 is 5.32 Å². The molecule has 1 N–H and O–H groups in total. The van der Waals surface area contributed by atoms with E-state index < -0.39 is 5.91 Å². The summed E-state index contributed by atoms with van der Waals surface area (Å²) in [7, 11) is 0. The smallest absolute Gasteiger partial charge is 0.264 e. The lowest BCUT2D eigenvalue weighted by atomic mass is 10.2. The molecule has 0 bridgehead atoms. The van der Waals surface area contributed by atoms with Gasteiger partial charge in [-0.1, -0.05) is 28.1 Å². The highest BCUT2D eigenvalue weighted by Crippen LogP contribution is 2.12. The molecule has 1 fully saturated rings. The molecule has 1 aliphatic heterocycles. The predicted octanol–water partition coefficient (Wildman–Crippen LogP) is 0.669. The molecule has 1 aromatic carbocycles. The van der Waals surface area contributed by atoms with Gasteiger partial charge >= 0.3 is 0 Å². The number of amides is 3. The minimum absolute atomic E-state index is 0.149. The topological polar surface area (TPSA) is 119 Å². The fraction of sp³-hybridized carbons (Fsp3) is 0.300. The molecule has 10 nitrogen and oxygen atoms in total. The Morgan fingerprint density at radius 1 is 1.10 bits per heavy atom. The van der Waals surface area contributed by atoms with Crippen molar-refractivity contribution in [2.24, 2.45) is 0 Å². The largest absolute Gasteiger partial charge is 0.353 e. The number of likely N-dealkylation sites (tertiary alicyclic amines) is 1. The molecule has 3 amide bonds. The van der Waals surface area contributed by atoms with Crippen LogP contribution >= 0.6 is 15.9 Å². The number of carbonyl (C=O) groups excluding carboxylic acids is 3. The van der Waals surface area contributed by atoms with Gasteiger partial charge in [-0.05, 0) is 17.7 Å². The van der Waals surface area contributed by atoms with Crippen LogP contribution in [0.25, 0.3) is 11.0 Å². The van der Waals surface area contributed by atoms with Crippen LogP contribution in [0.2, 0.25) is 0 Å². The van der Waals surface area contributed by atoms with Gasteiger partial charge in [0.15, 0.2) is 5.65 Å². The summed E-state index contributed by atoms with van der Waals surface area (Å²) in [6.07, 6.45) is 3.24. The summed E-state index contributed by atoms with van der Waals surface area (Å²) < 4.78 is 4.01. The molecule has 1 aliphatic rings. The van der Waals surface area contributed by atoms with Crippen molar-refractivity contribution in [1.29, 1.82) is 0 Å². The van der Waals surface area contributed by atoms with E-state index in [0.29, 0.717) is 24.1 Å². The molecule has 0 atom stereocenters. The van der Waals surface area contributed by atoms with E-state index in [-0.39, 0.29) is 43.3 Å². The SMILES string of the molecule is O=C(CN1C(=O)CCC1=O)NCCn1ncc2c(=O)n(Cc3ccc(Br)cc3)cnc21. The lowest BCUT2D eigenvalue weighted by Crippen LogP contribution is -2.40. The standard InChI is InChI=1S/C20H19BrN6O4/c21-14-3-1-13(2-4-14)10-25-12-23-19-15(20(25)31)9-24-27(19)8-7-22-16(28)11-26-17(29)5-6-18(26)30/h1-4,9,12H,5-8,10-11H2,(H,22,28). The third-order valence-electron chi connectivity index (χ3n) is 4.99. The molecule has 160 valence electrons. The van der Waals surface area contributed by atoms with E-state index in [0.717, 1.165) is 14.9 Å². The number of aromatic nitrogens is 4. The number of hydrogen-bond donors (Lipinski definition) is 1. The van der Waals surface area contributed by atoms with Gasteiger partial charge in [0, 0.05) is 23.9 Å². The number of carbonyl (C=O) groups is 3. The van der Waals surface area contributed by atoms with Crippen LogP contribution < -0.4 is 10.9 Å². The third kappa shape index (κ3) is 4.55. The lowest BCUT2D eigenvalue weighted by Gasteiger charge is -2.13. The first-order valence-corrected chi connectivity index (χ1v) is 10.5. The van der Waals surface area contributed by atoms with Crippen LogP contribution in [0.1, 0.15) is 18.4 Å². The Morgan fingerprint density at radius 3 is 2.52 bits per heavy atom.